The molecule has 0 radical (unpaired) electrons. The Bertz CT molecular complexity index is 1170. The van der Waals surface area contributed by atoms with Crippen molar-refractivity contribution >= 4 is 5.97 Å². The molecule has 0 saturated carbocycles. The summed E-state index contributed by atoms with van der Waals surface area (Å²) in [6.07, 6.45) is -6.53. The minimum absolute atomic E-state index is 0.0871. The molecular weight excluding hydrogens is 508 g/mol. The van der Waals surface area contributed by atoms with Gasteiger partial charge in [-0.25, -0.2) is 4.79 Å². The van der Waals surface area contributed by atoms with Crippen molar-refractivity contribution in [2.24, 2.45) is 0 Å². The summed E-state index contributed by atoms with van der Waals surface area (Å²) in [5.74, 6) is -1.09. The number of hydrogen-bond acceptors (Lipinski definition) is 2. The maximum absolute atomic E-state index is 13.3. The molecule has 3 rings (SSSR count). The third-order valence-electron chi connectivity index (χ3n) is 6.22. The number of nitrogens with zero attached hydrogens (tertiary/aromatic N) is 1. The fraction of sp³-hybridized carbons (Fsp3) is 0.345. The number of hydrogen-bond donors (Lipinski definition) is 1. The van der Waals surface area contributed by atoms with Gasteiger partial charge in [-0.1, -0.05) is 48.4 Å². The summed E-state index contributed by atoms with van der Waals surface area (Å²) in [7, 11) is 0. The normalized spacial score (nSPS) is 12.2. The van der Waals surface area contributed by atoms with Gasteiger partial charge in [0.1, 0.15) is 0 Å². The van der Waals surface area contributed by atoms with E-state index in [1.807, 2.05) is 19.1 Å². The van der Waals surface area contributed by atoms with Gasteiger partial charge in [0.15, 0.2) is 0 Å². The van der Waals surface area contributed by atoms with E-state index < -0.39 is 29.4 Å². The number of unbranched alkanes of at least 4 members (excludes halogenated alkanes) is 2. The van der Waals surface area contributed by atoms with Crippen LogP contribution >= 0.6 is 0 Å². The van der Waals surface area contributed by atoms with Gasteiger partial charge < -0.3 is 5.11 Å². The van der Waals surface area contributed by atoms with E-state index >= 15 is 0 Å². The molecule has 0 heterocycles. The SMILES string of the molecule is Cc1ccc(CCCCCN(Cc2ccc(C(=O)O)cc2)Cc2cc(C(F)(F)F)cc(C(F)(F)F)c2)cc1. The Balaban J connectivity index is 1.75. The number of aryl methyl sites for hydroxylation is 2. The van der Waals surface area contributed by atoms with Crippen LogP contribution in [0.15, 0.2) is 66.7 Å². The zero-order chi connectivity index (χ0) is 27.9. The molecule has 38 heavy (non-hydrogen) atoms. The number of alkyl halides is 6. The highest BCUT2D eigenvalue weighted by Gasteiger charge is 2.37. The molecule has 0 spiro atoms. The molecule has 3 nitrogen and oxygen atoms in total. The highest BCUT2D eigenvalue weighted by Crippen LogP contribution is 2.36. The van der Waals surface area contributed by atoms with Crippen LogP contribution in [0.1, 0.15) is 63.0 Å². The number of rotatable bonds is 11. The van der Waals surface area contributed by atoms with Crippen molar-refractivity contribution in [2.45, 2.75) is 58.0 Å². The third-order valence-corrected chi connectivity index (χ3v) is 6.22. The zero-order valence-electron chi connectivity index (χ0n) is 20.9. The van der Waals surface area contributed by atoms with Gasteiger partial charge in [-0.05, 0) is 79.8 Å². The molecule has 0 bridgehead atoms. The average Bonchev–Trinajstić information content (AvgIpc) is 2.84. The van der Waals surface area contributed by atoms with Crippen molar-refractivity contribution in [2.75, 3.05) is 6.54 Å². The molecule has 0 aromatic heterocycles. The van der Waals surface area contributed by atoms with E-state index in [0.29, 0.717) is 18.5 Å². The lowest BCUT2D eigenvalue weighted by Crippen LogP contribution is -2.25. The highest BCUT2D eigenvalue weighted by molar-refractivity contribution is 5.87. The predicted molar refractivity (Wildman–Crippen MR) is 133 cm³/mol. The Kier molecular flexibility index (Phi) is 9.60. The van der Waals surface area contributed by atoms with Gasteiger partial charge in [-0.2, -0.15) is 26.3 Å². The lowest BCUT2D eigenvalue weighted by Gasteiger charge is -2.24. The number of benzene rings is 3. The molecule has 0 unspecified atom stereocenters. The Hall–Kier alpha value is -3.33. The lowest BCUT2D eigenvalue weighted by atomic mass is 10.0. The van der Waals surface area contributed by atoms with Crippen LogP contribution in [0.25, 0.3) is 0 Å². The minimum atomic E-state index is -4.91. The van der Waals surface area contributed by atoms with E-state index in [9.17, 15) is 31.1 Å². The first-order valence-corrected chi connectivity index (χ1v) is 12.2. The molecule has 3 aromatic rings. The molecule has 1 N–H and O–H groups in total. The third kappa shape index (κ3) is 8.90. The Labute approximate surface area is 217 Å². The smallest absolute Gasteiger partial charge is 0.416 e. The van der Waals surface area contributed by atoms with Crippen LogP contribution in [0, 0.1) is 6.92 Å². The van der Waals surface area contributed by atoms with Crippen LogP contribution in [0.5, 0.6) is 0 Å². The molecule has 0 atom stereocenters. The summed E-state index contributed by atoms with van der Waals surface area (Å²) in [6, 6.07) is 15.9. The van der Waals surface area contributed by atoms with Crippen molar-refractivity contribution in [1.82, 2.24) is 4.90 Å². The van der Waals surface area contributed by atoms with Gasteiger partial charge in [-0.15, -0.1) is 0 Å². The summed E-state index contributed by atoms with van der Waals surface area (Å²) >= 11 is 0. The van der Waals surface area contributed by atoms with E-state index in [-0.39, 0.29) is 30.3 Å². The van der Waals surface area contributed by atoms with Gasteiger partial charge in [0.2, 0.25) is 0 Å². The Morgan fingerprint density at radius 2 is 1.24 bits per heavy atom. The van der Waals surface area contributed by atoms with Gasteiger partial charge in [-0.3, -0.25) is 4.90 Å². The summed E-state index contributed by atoms with van der Waals surface area (Å²) in [4.78, 5) is 12.9. The van der Waals surface area contributed by atoms with E-state index in [4.69, 9.17) is 5.11 Å². The van der Waals surface area contributed by atoms with Crippen molar-refractivity contribution < 1.29 is 36.2 Å². The zero-order valence-corrected chi connectivity index (χ0v) is 20.9. The first kappa shape index (κ1) is 29.2. The summed E-state index contributed by atoms with van der Waals surface area (Å²) in [6.45, 7) is 2.59. The fourth-order valence-electron chi connectivity index (χ4n) is 4.19. The molecular formula is C29H29F6NO2. The number of carboxylic acid groups (broad SMARTS) is 1. The molecule has 0 amide bonds. The van der Waals surface area contributed by atoms with Gasteiger partial charge in [0.05, 0.1) is 16.7 Å². The van der Waals surface area contributed by atoms with Crippen LogP contribution in [-0.4, -0.2) is 22.5 Å². The second kappa shape index (κ2) is 12.5. The first-order chi connectivity index (χ1) is 17.8. The van der Waals surface area contributed by atoms with Gasteiger partial charge in [0, 0.05) is 13.1 Å². The first-order valence-electron chi connectivity index (χ1n) is 12.2. The summed E-state index contributed by atoms with van der Waals surface area (Å²) < 4.78 is 80.1. The summed E-state index contributed by atoms with van der Waals surface area (Å²) in [5.41, 5.74) is 0.395. The molecule has 0 aliphatic heterocycles. The van der Waals surface area contributed by atoms with E-state index in [2.05, 4.69) is 12.1 Å². The molecule has 0 fully saturated rings. The monoisotopic (exact) mass is 537 g/mol. The van der Waals surface area contributed by atoms with E-state index in [0.717, 1.165) is 31.4 Å². The van der Waals surface area contributed by atoms with Gasteiger partial charge >= 0.3 is 18.3 Å². The van der Waals surface area contributed by atoms with Crippen LogP contribution in [0.3, 0.4) is 0 Å². The average molecular weight is 538 g/mol. The quantitative estimate of drug-likeness (QED) is 0.198. The largest absolute Gasteiger partial charge is 0.478 e. The van der Waals surface area contributed by atoms with Crippen molar-refractivity contribution in [3.63, 3.8) is 0 Å². The van der Waals surface area contributed by atoms with Crippen molar-refractivity contribution in [1.29, 1.82) is 0 Å². The molecule has 0 aliphatic carbocycles. The second-order valence-electron chi connectivity index (χ2n) is 9.42. The fourth-order valence-corrected chi connectivity index (χ4v) is 4.19. The highest BCUT2D eigenvalue weighted by atomic mass is 19.4. The van der Waals surface area contributed by atoms with Crippen LogP contribution in [-0.2, 0) is 31.9 Å². The second-order valence-corrected chi connectivity index (χ2v) is 9.42. The minimum Gasteiger partial charge on any atom is -0.478 e. The number of halogens is 6. The molecule has 0 saturated heterocycles. The molecule has 0 aliphatic rings. The lowest BCUT2D eigenvalue weighted by molar-refractivity contribution is -0.143. The van der Waals surface area contributed by atoms with Crippen LogP contribution in [0.4, 0.5) is 26.3 Å². The summed E-state index contributed by atoms with van der Waals surface area (Å²) in [5, 5.41) is 9.10. The Morgan fingerprint density at radius 1 is 0.711 bits per heavy atom. The standard InChI is InChI=1S/C29H29F6NO2/c1-20-6-8-21(9-7-20)5-3-2-4-14-36(18-22-10-12-24(13-11-22)27(37)38)19-23-15-25(28(30,31)32)17-26(16-23)29(33,34)35/h6-13,15-17H,2-5,14,18-19H2,1H3,(H,37,38). The number of carbonyl (C=O) groups is 1. The van der Waals surface area contributed by atoms with Crippen LogP contribution in [0.2, 0.25) is 0 Å². The van der Waals surface area contributed by atoms with Crippen molar-refractivity contribution in [3.05, 3.63) is 106 Å². The van der Waals surface area contributed by atoms with Crippen LogP contribution < -0.4 is 0 Å². The molecule has 9 heteroatoms. The predicted octanol–water partition coefficient (Wildman–Crippen LogP) is 8.15. The Morgan fingerprint density at radius 3 is 1.76 bits per heavy atom. The van der Waals surface area contributed by atoms with Gasteiger partial charge in [0.25, 0.3) is 0 Å². The number of aromatic carboxylic acids is 1. The number of carboxylic acids is 1. The van der Waals surface area contributed by atoms with Crippen molar-refractivity contribution in [3.8, 4) is 0 Å². The van der Waals surface area contributed by atoms with E-state index in [1.165, 1.54) is 23.3 Å². The maximum atomic E-state index is 13.3. The molecule has 3 aromatic carbocycles. The molecule has 204 valence electrons. The van der Waals surface area contributed by atoms with E-state index in [1.54, 1.807) is 17.0 Å². The topological polar surface area (TPSA) is 40.5 Å². The maximum Gasteiger partial charge on any atom is 0.416 e.